The molecule has 0 saturated carbocycles. The fraction of sp³-hybridized carbons (Fsp3) is 0.524. The van der Waals surface area contributed by atoms with Crippen molar-refractivity contribution in [2.45, 2.75) is 65.3 Å². The van der Waals surface area contributed by atoms with Crippen LogP contribution in [-0.2, 0) is 14.0 Å². The highest BCUT2D eigenvalue weighted by Gasteiger charge is 2.52. The minimum absolute atomic E-state index is 0.225. The molecule has 1 aliphatic heterocycles. The highest BCUT2D eigenvalue weighted by molar-refractivity contribution is 7.22. The highest BCUT2D eigenvalue weighted by atomic mass is 32.1. The van der Waals surface area contributed by atoms with Gasteiger partial charge in [-0.25, -0.2) is 9.78 Å². The highest BCUT2D eigenvalue weighted by Crippen LogP contribution is 2.39. The number of aromatic nitrogens is 1. The lowest BCUT2D eigenvalue weighted by atomic mass is 9.77. The van der Waals surface area contributed by atoms with Gasteiger partial charge in [-0.05, 0) is 71.6 Å². The molecule has 1 aliphatic rings. The van der Waals surface area contributed by atoms with Crippen LogP contribution in [0.2, 0.25) is 0 Å². The summed E-state index contributed by atoms with van der Waals surface area (Å²) < 4.78 is 18.8. The summed E-state index contributed by atoms with van der Waals surface area (Å²) in [5.41, 5.74) is 6.80. The van der Waals surface area contributed by atoms with Crippen LogP contribution >= 0.6 is 11.3 Å². The van der Waals surface area contributed by atoms with E-state index in [0.29, 0.717) is 5.13 Å². The number of fused-ring (bicyclic) bond motifs is 1. The Balaban J connectivity index is 1.88. The zero-order valence-electron chi connectivity index (χ0n) is 18.7. The molecule has 9 heteroatoms. The topological polar surface area (TPSA) is 95.7 Å². The van der Waals surface area contributed by atoms with E-state index in [-0.39, 0.29) is 6.54 Å². The first-order valence-corrected chi connectivity index (χ1v) is 10.8. The Bertz CT molecular complexity index is 962. The average molecular weight is 431 g/mol. The van der Waals surface area contributed by atoms with Crippen molar-refractivity contribution < 1.29 is 18.8 Å². The number of alkyl carbamates (subject to hydrolysis) is 1. The summed E-state index contributed by atoms with van der Waals surface area (Å²) in [6, 6.07) is 5.93. The summed E-state index contributed by atoms with van der Waals surface area (Å²) in [5.74, 6) is 0. The number of thiazole rings is 1. The molecule has 0 aliphatic carbocycles. The number of hydrogen-bond acceptors (Lipinski definition) is 7. The van der Waals surface area contributed by atoms with Crippen molar-refractivity contribution in [2.75, 3.05) is 12.3 Å². The van der Waals surface area contributed by atoms with Crippen molar-refractivity contribution in [3.05, 3.63) is 29.2 Å². The summed E-state index contributed by atoms with van der Waals surface area (Å²) in [7, 11) is -0.596. The number of amides is 1. The van der Waals surface area contributed by atoms with E-state index in [1.54, 1.807) is 0 Å². The van der Waals surface area contributed by atoms with E-state index in [4.69, 9.17) is 19.8 Å². The van der Waals surface area contributed by atoms with Gasteiger partial charge in [-0.2, -0.15) is 0 Å². The fourth-order valence-corrected chi connectivity index (χ4v) is 3.67. The largest absolute Gasteiger partial charge is 0.492 e. The lowest BCUT2D eigenvalue weighted by Crippen LogP contribution is -2.41. The lowest BCUT2D eigenvalue weighted by Gasteiger charge is -2.32. The molecule has 0 atom stereocenters. The predicted octanol–water partition coefficient (Wildman–Crippen LogP) is 4.42. The molecule has 1 amide bonds. The van der Waals surface area contributed by atoms with Crippen LogP contribution in [0.5, 0.6) is 0 Å². The van der Waals surface area contributed by atoms with Gasteiger partial charge in [0.1, 0.15) is 5.60 Å². The van der Waals surface area contributed by atoms with Crippen molar-refractivity contribution in [1.82, 2.24) is 10.3 Å². The summed E-state index contributed by atoms with van der Waals surface area (Å²) in [4.78, 5) is 16.6. The molecule has 3 rings (SSSR count). The first-order valence-electron chi connectivity index (χ1n) is 9.95. The Hall–Kier alpha value is -2.10. The van der Waals surface area contributed by atoms with Crippen LogP contribution in [0.25, 0.3) is 16.3 Å². The number of hydrogen-bond donors (Lipinski definition) is 2. The first kappa shape index (κ1) is 22.6. The number of nitrogens with two attached hydrogens (primary N) is 1. The monoisotopic (exact) mass is 431 g/mol. The van der Waals surface area contributed by atoms with E-state index in [0.717, 1.165) is 21.3 Å². The van der Waals surface area contributed by atoms with Crippen molar-refractivity contribution in [2.24, 2.45) is 0 Å². The SMILES string of the molecule is CC(C)(C)OC(=O)NCC(=Cc1ccc2sc(N)nc2c1)B1OC(C)(C)C(C)(C)O1. The molecule has 30 heavy (non-hydrogen) atoms. The maximum atomic E-state index is 12.2. The van der Waals surface area contributed by atoms with Crippen LogP contribution in [0, 0.1) is 0 Å². The third-order valence-corrected chi connectivity index (χ3v) is 6.04. The zero-order valence-corrected chi connectivity index (χ0v) is 19.5. The van der Waals surface area contributed by atoms with E-state index in [9.17, 15) is 4.79 Å². The molecule has 0 spiro atoms. The second-order valence-corrected chi connectivity index (χ2v) is 10.5. The van der Waals surface area contributed by atoms with Crippen molar-refractivity contribution >= 4 is 46.0 Å². The number of benzene rings is 1. The second-order valence-electron chi connectivity index (χ2n) is 9.44. The van der Waals surface area contributed by atoms with Crippen molar-refractivity contribution in [1.29, 1.82) is 0 Å². The number of nitrogens with one attached hydrogen (secondary N) is 1. The first-order chi connectivity index (χ1) is 13.8. The van der Waals surface area contributed by atoms with Crippen molar-refractivity contribution in [3.63, 3.8) is 0 Å². The van der Waals surface area contributed by atoms with Crippen LogP contribution < -0.4 is 11.1 Å². The van der Waals surface area contributed by atoms with Gasteiger partial charge in [-0.15, -0.1) is 0 Å². The van der Waals surface area contributed by atoms with Gasteiger partial charge in [-0.1, -0.05) is 23.5 Å². The third kappa shape index (κ3) is 5.14. The number of nitrogens with zero attached hydrogens (tertiary/aromatic N) is 1. The molecule has 162 valence electrons. The number of carbonyl (C=O) groups is 1. The van der Waals surface area contributed by atoms with Gasteiger partial charge in [0.2, 0.25) is 0 Å². The van der Waals surface area contributed by atoms with Gasteiger partial charge < -0.3 is 25.1 Å². The minimum atomic E-state index is -0.596. The van der Waals surface area contributed by atoms with E-state index >= 15 is 0 Å². The van der Waals surface area contributed by atoms with Gasteiger partial charge in [0.15, 0.2) is 5.13 Å². The quantitative estimate of drug-likeness (QED) is 0.696. The Morgan fingerprint density at radius 1 is 1.27 bits per heavy atom. The lowest BCUT2D eigenvalue weighted by molar-refractivity contribution is 0.00578. The number of rotatable bonds is 4. The Labute approximate surface area is 182 Å². The molecule has 0 unspecified atom stereocenters. The maximum Gasteiger partial charge on any atom is 0.492 e. The number of carbonyl (C=O) groups excluding carboxylic acids is 1. The molecule has 2 aromatic rings. The molecule has 3 N–H and O–H groups in total. The van der Waals surface area contributed by atoms with Gasteiger partial charge in [-0.3, -0.25) is 0 Å². The molecule has 1 aromatic heterocycles. The summed E-state index contributed by atoms with van der Waals surface area (Å²) in [6.07, 6.45) is 1.46. The number of nitrogen functional groups attached to an aromatic ring is 1. The van der Waals surface area contributed by atoms with E-state index in [1.807, 2.05) is 72.7 Å². The molecular formula is C21H30BN3O4S. The molecule has 2 heterocycles. The third-order valence-electron chi connectivity index (χ3n) is 5.17. The summed E-state index contributed by atoms with van der Waals surface area (Å²) >= 11 is 1.45. The Morgan fingerprint density at radius 3 is 2.50 bits per heavy atom. The smallest absolute Gasteiger partial charge is 0.444 e. The van der Waals surface area contributed by atoms with E-state index < -0.39 is 30.0 Å². The molecular weight excluding hydrogens is 401 g/mol. The fourth-order valence-electron chi connectivity index (χ4n) is 2.95. The summed E-state index contributed by atoms with van der Waals surface area (Å²) in [5, 5.41) is 3.34. The maximum absolute atomic E-state index is 12.2. The molecule has 0 bridgehead atoms. The second kappa shape index (κ2) is 7.87. The van der Waals surface area contributed by atoms with Gasteiger partial charge >= 0.3 is 13.2 Å². The van der Waals surface area contributed by atoms with Crippen LogP contribution in [-0.4, -0.2) is 41.5 Å². The van der Waals surface area contributed by atoms with Crippen molar-refractivity contribution in [3.8, 4) is 0 Å². The molecule has 1 saturated heterocycles. The van der Waals surface area contributed by atoms with Crippen LogP contribution in [0.3, 0.4) is 0 Å². The van der Waals surface area contributed by atoms with Gasteiger partial charge in [0.05, 0.1) is 21.4 Å². The molecule has 7 nitrogen and oxygen atoms in total. The minimum Gasteiger partial charge on any atom is -0.444 e. The van der Waals surface area contributed by atoms with Gasteiger partial charge in [0.25, 0.3) is 0 Å². The van der Waals surface area contributed by atoms with E-state index in [2.05, 4.69) is 10.3 Å². The predicted molar refractivity (Wildman–Crippen MR) is 122 cm³/mol. The van der Waals surface area contributed by atoms with Crippen LogP contribution in [0.15, 0.2) is 23.7 Å². The zero-order chi connectivity index (χ0) is 22.3. The van der Waals surface area contributed by atoms with E-state index in [1.165, 1.54) is 11.3 Å². The number of anilines is 1. The molecule has 0 radical (unpaired) electrons. The molecule has 1 fully saturated rings. The Morgan fingerprint density at radius 2 is 1.90 bits per heavy atom. The van der Waals surface area contributed by atoms with Gasteiger partial charge in [0, 0.05) is 6.54 Å². The van der Waals surface area contributed by atoms with Crippen LogP contribution in [0.1, 0.15) is 54.0 Å². The number of ether oxygens (including phenoxy) is 1. The molecule has 1 aromatic carbocycles. The van der Waals surface area contributed by atoms with Crippen LogP contribution in [0.4, 0.5) is 9.93 Å². The average Bonchev–Trinajstić information content (AvgIpc) is 3.04. The summed E-state index contributed by atoms with van der Waals surface area (Å²) in [6.45, 7) is 13.7. The standard InChI is InChI=1S/C21H30BN3O4S/c1-19(2,3)27-18(26)24-12-14(22-28-20(4,5)21(6,7)29-22)10-13-8-9-16-15(11-13)25-17(23)30-16/h8-11H,12H2,1-7H3,(H2,23,25)(H,24,26). The normalized spacial score (nSPS) is 18.6. The Kier molecular flexibility index (Phi) is 5.92.